The summed E-state index contributed by atoms with van der Waals surface area (Å²) in [5, 5.41) is 0. The van der Waals surface area contributed by atoms with Crippen LogP contribution in [-0.4, -0.2) is 41.4 Å². The summed E-state index contributed by atoms with van der Waals surface area (Å²) < 4.78 is 32.8. The zero-order valence-corrected chi connectivity index (χ0v) is 7.25. The predicted molar refractivity (Wildman–Crippen MR) is 24.1 cm³/mol. The predicted octanol–water partition coefficient (Wildman–Crippen LogP) is -1.00. The van der Waals surface area contributed by atoms with Gasteiger partial charge in [-0.05, 0) is 0 Å². The van der Waals surface area contributed by atoms with Gasteiger partial charge >= 0.3 is 0 Å². The van der Waals surface area contributed by atoms with Crippen LogP contribution in [0.3, 0.4) is 0 Å². The van der Waals surface area contributed by atoms with Gasteiger partial charge in [0.25, 0.3) is 0 Å². The van der Waals surface area contributed by atoms with Gasteiger partial charge in [0.1, 0.15) is 0 Å². The second-order valence-corrected chi connectivity index (χ2v) is 1.28. The van der Waals surface area contributed by atoms with E-state index in [1.807, 2.05) is 0 Å². The van der Waals surface area contributed by atoms with Crippen molar-refractivity contribution in [2.24, 2.45) is 0 Å². The average molecular weight is 234 g/mol. The van der Waals surface area contributed by atoms with Crippen LogP contribution in [0.2, 0.25) is 0 Å². The van der Waals surface area contributed by atoms with Crippen LogP contribution in [0, 0.1) is 0 Å². The van der Waals surface area contributed by atoms with Crippen molar-refractivity contribution in [1.82, 2.24) is 6.15 Å². The molecule has 0 saturated heterocycles. The van der Waals surface area contributed by atoms with Crippen molar-refractivity contribution < 1.29 is 17.5 Å². The Kier molecular flexibility index (Phi) is 10.7. The minimum absolute atomic E-state index is 0. The smallest absolute Gasteiger partial charge is 0.215 e. The molecule has 0 aliphatic carbocycles. The largest absolute Gasteiger partial charge is 0.726 e. The van der Waals surface area contributed by atoms with Crippen molar-refractivity contribution >= 4 is 34.3 Å². The second kappa shape index (κ2) is 4.78. The molecule has 7 heteroatoms. The first-order chi connectivity index (χ1) is 2.00. The van der Waals surface area contributed by atoms with Crippen LogP contribution >= 0.6 is 0 Å². The van der Waals surface area contributed by atoms with Gasteiger partial charge in [0.2, 0.25) is 10.4 Å². The van der Waals surface area contributed by atoms with Crippen LogP contribution in [0.4, 0.5) is 0 Å². The maximum atomic E-state index is 8.63. The van der Waals surface area contributed by atoms with Crippen LogP contribution < -0.4 is 6.15 Å². The minimum atomic E-state index is -4.92. The first-order valence-corrected chi connectivity index (χ1v) is 2.05. The summed E-state index contributed by atoms with van der Waals surface area (Å²) in [5.41, 5.74) is 0. The Balaban J connectivity index is -0.0000000800. The summed E-state index contributed by atoms with van der Waals surface area (Å²) in [4.78, 5) is 0. The van der Waals surface area contributed by atoms with Crippen molar-refractivity contribution in [3.8, 4) is 0 Å². The third-order valence-electron chi connectivity index (χ3n) is 0. The molecule has 0 aliphatic heterocycles. The molecule has 0 saturated carbocycles. The summed E-state index contributed by atoms with van der Waals surface area (Å²) in [5.74, 6) is 0. The van der Waals surface area contributed by atoms with Gasteiger partial charge in [0.15, 0.2) is 0 Å². The molecule has 7 heavy (non-hydrogen) atoms. The van der Waals surface area contributed by atoms with Gasteiger partial charge in [-0.2, -0.15) is 0 Å². The van der Waals surface area contributed by atoms with Crippen LogP contribution in [0.25, 0.3) is 0 Å². The molecule has 0 amide bonds. The first kappa shape index (κ1) is 15.6. The maximum absolute atomic E-state index is 8.63. The van der Waals surface area contributed by atoms with Gasteiger partial charge in [-0.3, -0.25) is 4.55 Å². The summed E-state index contributed by atoms with van der Waals surface area (Å²) in [6.07, 6.45) is 0. The Morgan fingerprint density at radius 3 is 1.43 bits per heavy atom. The SMILES string of the molecule is O=S(=O)([O-])O.[NH4+].[Sn]. The van der Waals surface area contributed by atoms with Gasteiger partial charge < -0.3 is 10.7 Å². The minimum Gasteiger partial charge on any atom is -0.726 e. The number of hydrogen-bond donors (Lipinski definition) is 2. The first-order valence-electron chi connectivity index (χ1n) is 0.683. The van der Waals surface area contributed by atoms with Gasteiger partial charge in [0, 0.05) is 23.9 Å². The van der Waals surface area contributed by atoms with E-state index in [9.17, 15) is 0 Å². The zero-order chi connectivity index (χ0) is 4.50. The molecule has 0 heterocycles. The fourth-order valence-corrected chi connectivity index (χ4v) is 0. The molecule has 0 rings (SSSR count). The number of rotatable bonds is 0. The normalized spacial score (nSPS) is 8.29. The summed E-state index contributed by atoms with van der Waals surface area (Å²) in [7, 11) is -4.92. The molecule has 0 bridgehead atoms. The Hall–Kier alpha value is 0.629. The van der Waals surface area contributed by atoms with Gasteiger partial charge in [-0.1, -0.05) is 0 Å². The fourth-order valence-electron chi connectivity index (χ4n) is 0. The molecule has 5 N–H and O–H groups in total. The molecular weight excluding hydrogens is 229 g/mol. The molecule has 44 valence electrons. The molecule has 0 fully saturated rings. The van der Waals surface area contributed by atoms with E-state index >= 15 is 0 Å². The Bertz CT molecular complexity index is 94.9. The van der Waals surface area contributed by atoms with Crippen molar-refractivity contribution in [3.05, 3.63) is 0 Å². The molecule has 0 aromatic heterocycles. The third-order valence-corrected chi connectivity index (χ3v) is 0. The molecule has 0 unspecified atom stereocenters. The molecule has 0 aliphatic rings. The van der Waals surface area contributed by atoms with E-state index in [0.29, 0.717) is 0 Å². The summed E-state index contributed by atoms with van der Waals surface area (Å²) in [6.45, 7) is 0. The van der Waals surface area contributed by atoms with E-state index in [0.717, 1.165) is 0 Å². The van der Waals surface area contributed by atoms with E-state index < -0.39 is 10.4 Å². The van der Waals surface area contributed by atoms with Gasteiger partial charge in [0.05, 0.1) is 0 Å². The molecule has 0 atom stereocenters. The Labute approximate surface area is 58.2 Å². The fraction of sp³-hybridized carbons (Fsp3) is 0. The van der Waals surface area contributed by atoms with Gasteiger partial charge in [-0.25, -0.2) is 8.42 Å². The molecule has 0 aromatic rings. The van der Waals surface area contributed by atoms with E-state index in [1.165, 1.54) is 0 Å². The monoisotopic (exact) mass is 235 g/mol. The van der Waals surface area contributed by atoms with Crippen LogP contribution in [0.1, 0.15) is 0 Å². The maximum Gasteiger partial charge on any atom is 0.215 e. The molecule has 4 radical (unpaired) electrons. The van der Waals surface area contributed by atoms with E-state index in [4.69, 9.17) is 17.5 Å². The molecule has 0 spiro atoms. The summed E-state index contributed by atoms with van der Waals surface area (Å²) in [6, 6.07) is 0. The van der Waals surface area contributed by atoms with E-state index in [-0.39, 0.29) is 30.1 Å². The topological polar surface area (TPSA) is 114 Å². The van der Waals surface area contributed by atoms with Crippen LogP contribution in [0.15, 0.2) is 0 Å². The molecule has 0 aromatic carbocycles. The second-order valence-electron chi connectivity index (χ2n) is 0.428. The van der Waals surface area contributed by atoms with Crippen molar-refractivity contribution in [2.45, 2.75) is 0 Å². The van der Waals surface area contributed by atoms with Gasteiger partial charge in [-0.15, -0.1) is 0 Å². The Morgan fingerprint density at radius 2 is 1.43 bits per heavy atom. The zero-order valence-electron chi connectivity index (χ0n) is 3.58. The summed E-state index contributed by atoms with van der Waals surface area (Å²) >= 11 is 0. The number of hydrogen-bond acceptors (Lipinski definition) is 3. The molecule has 5 nitrogen and oxygen atoms in total. The average Bonchev–Trinajstić information content (AvgIpc) is 0.722. The van der Waals surface area contributed by atoms with E-state index in [2.05, 4.69) is 0 Å². The van der Waals surface area contributed by atoms with Crippen molar-refractivity contribution in [2.75, 3.05) is 0 Å². The van der Waals surface area contributed by atoms with Crippen LogP contribution in [0.5, 0.6) is 0 Å². The Morgan fingerprint density at radius 1 is 1.43 bits per heavy atom. The van der Waals surface area contributed by atoms with E-state index in [1.54, 1.807) is 0 Å². The standard InChI is InChI=1S/H3N.H2O4S.Sn/c;1-5(2,3)4;/h1H3;(H2,1,2,3,4);. The van der Waals surface area contributed by atoms with Crippen LogP contribution in [-0.2, 0) is 10.4 Å². The third kappa shape index (κ3) is 359. The van der Waals surface area contributed by atoms with Crippen molar-refractivity contribution in [1.29, 1.82) is 0 Å². The van der Waals surface area contributed by atoms with Crippen molar-refractivity contribution in [3.63, 3.8) is 0 Å². The molecular formula is H5NO4SSn. The number of quaternary nitrogens is 1. The quantitative estimate of drug-likeness (QED) is 0.317.